The topological polar surface area (TPSA) is 57.1 Å². The van der Waals surface area contributed by atoms with E-state index in [1.165, 1.54) is 23.2 Å². The Labute approximate surface area is 137 Å². The van der Waals surface area contributed by atoms with Gasteiger partial charge in [-0.1, -0.05) is 11.8 Å². The minimum Gasteiger partial charge on any atom is -0.381 e. The summed E-state index contributed by atoms with van der Waals surface area (Å²) in [6.45, 7) is 2.06. The molecule has 1 saturated heterocycles. The van der Waals surface area contributed by atoms with E-state index in [9.17, 15) is 0 Å². The summed E-state index contributed by atoms with van der Waals surface area (Å²) in [5.41, 5.74) is 2.03. The molecular formula is C15H19N3O2S2. The maximum absolute atomic E-state index is 5.97. The van der Waals surface area contributed by atoms with Crippen molar-refractivity contribution in [2.45, 2.75) is 48.7 Å². The smallest absolute Gasteiger partial charge is 0.175 e. The number of ether oxygens (including phenoxy) is 2. The Hall–Kier alpha value is -0.760. The second-order valence-corrected chi connectivity index (χ2v) is 7.81. The van der Waals surface area contributed by atoms with Gasteiger partial charge in [-0.15, -0.1) is 11.3 Å². The van der Waals surface area contributed by atoms with Gasteiger partial charge in [0.25, 0.3) is 0 Å². The van der Waals surface area contributed by atoms with Crippen LogP contribution >= 0.6 is 23.1 Å². The predicted octanol–water partition coefficient (Wildman–Crippen LogP) is 3.38. The minimum absolute atomic E-state index is 0.273. The predicted molar refractivity (Wildman–Crippen MR) is 87.6 cm³/mol. The molecule has 2 aromatic rings. The van der Waals surface area contributed by atoms with Crippen LogP contribution in [0.5, 0.6) is 0 Å². The number of hydrogen-bond donors (Lipinski definition) is 0. The molecule has 0 spiro atoms. The Morgan fingerprint density at radius 3 is 2.73 bits per heavy atom. The van der Waals surface area contributed by atoms with E-state index >= 15 is 0 Å². The molecule has 22 heavy (non-hydrogen) atoms. The molecule has 3 heterocycles. The van der Waals surface area contributed by atoms with Gasteiger partial charge in [-0.3, -0.25) is 0 Å². The van der Waals surface area contributed by atoms with Gasteiger partial charge in [0.1, 0.15) is 6.61 Å². The van der Waals surface area contributed by atoms with E-state index in [-0.39, 0.29) is 6.10 Å². The highest BCUT2D eigenvalue weighted by Crippen LogP contribution is 2.44. The normalized spacial score (nSPS) is 19.9. The van der Waals surface area contributed by atoms with Gasteiger partial charge < -0.3 is 9.47 Å². The van der Waals surface area contributed by atoms with E-state index in [1.807, 2.05) is 0 Å². The van der Waals surface area contributed by atoms with Crippen LogP contribution < -0.4 is 0 Å². The van der Waals surface area contributed by atoms with Gasteiger partial charge in [-0.25, -0.2) is 15.0 Å². The molecule has 1 aliphatic heterocycles. The Bertz CT molecular complexity index is 666. The molecule has 0 unspecified atom stereocenters. The number of rotatable bonds is 5. The quantitative estimate of drug-likeness (QED) is 0.780. The first-order valence-electron chi connectivity index (χ1n) is 7.74. The molecule has 4 rings (SSSR count). The minimum atomic E-state index is 0.273. The highest BCUT2D eigenvalue weighted by atomic mass is 32.2. The summed E-state index contributed by atoms with van der Waals surface area (Å²) in [7, 11) is 0. The molecule has 5 nitrogen and oxygen atoms in total. The molecule has 0 bridgehead atoms. The van der Waals surface area contributed by atoms with Gasteiger partial charge >= 0.3 is 0 Å². The lowest BCUT2D eigenvalue weighted by atomic mass is 10.1. The van der Waals surface area contributed by atoms with E-state index in [1.54, 1.807) is 23.1 Å². The number of thioether (sulfide) groups is 1. The van der Waals surface area contributed by atoms with Crippen molar-refractivity contribution in [1.29, 1.82) is 0 Å². The lowest BCUT2D eigenvalue weighted by Crippen LogP contribution is -2.23. The average Bonchev–Trinajstić information content (AvgIpc) is 3.32. The standard InChI is InChI=1S/C15H19N3O2S2/c1-21-15-18-14-13(22-15)12(9-2-3-9)16-11(17-14)8-20-10-4-6-19-7-5-10/h9-10H,2-8H2,1H3. The third-order valence-electron chi connectivity index (χ3n) is 4.06. The fourth-order valence-electron chi connectivity index (χ4n) is 2.69. The van der Waals surface area contributed by atoms with Crippen LogP contribution in [0, 0.1) is 0 Å². The van der Waals surface area contributed by atoms with E-state index in [4.69, 9.17) is 14.5 Å². The van der Waals surface area contributed by atoms with Gasteiger partial charge in [0, 0.05) is 19.1 Å². The van der Waals surface area contributed by atoms with Crippen LogP contribution in [-0.2, 0) is 16.1 Å². The monoisotopic (exact) mass is 337 g/mol. The summed E-state index contributed by atoms with van der Waals surface area (Å²) < 4.78 is 13.6. The average molecular weight is 337 g/mol. The molecule has 2 aromatic heterocycles. The lowest BCUT2D eigenvalue weighted by molar-refractivity contribution is -0.0408. The van der Waals surface area contributed by atoms with Crippen LogP contribution in [0.2, 0.25) is 0 Å². The van der Waals surface area contributed by atoms with Crippen LogP contribution in [-0.4, -0.2) is 40.5 Å². The summed E-state index contributed by atoms with van der Waals surface area (Å²) in [5, 5.41) is 0. The molecule has 0 N–H and O–H groups in total. The van der Waals surface area contributed by atoms with E-state index < -0.39 is 0 Å². The van der Waals surface area contributed by atoms with E-state index in [2.05, 4.69) is 16.2 Å². The van der Waals surface area contributed by atoms with Crippen molar-refractivity contribution in [3.8, 4) is 0 Å². The second kappa shape index (κ2) is 6.39. The summed E-state index contributed by atoms with van der Waals surface area (Å²) >= 11 is 3.39. The first-order valence-corrected chi connectivity index (χ1v) is 9.78. The molecule has 118 valence electrons. The van der Waals surface area contributed by atoms with Crippen molar-refractivity contribution >= 4 is 33.4 Å². The third-order valence-corrected chi connectivity index (χ3v) is 6.11. The summed E-state index contributed by atoms with van der Waals surface area (Å²) in [6, 6.07) is 0. The van der Waals surface area contributed by atoms with Crippen LogP contribution in [0.15, 0.2) is 4.34 Å². The summed E-state index contributed by atoms with van der Waals surface area (Å²) in [6.07, 6.45) is 6.72. The van der Waals surface area contributed by atoms with Crippen LogP contribution in [0.1, 0.15) is 43.1 Å². The molecule has 2 fully saturated rings. The van der Waals surface area contributed by atoms with E-state index in [0.717, 1.165) is 41.9 Å². The molecule has 1 aliphatic carbocycles. The molecular weight excluding hydrogens is 318 g/mol. The lowest BCUT2D eigenvalue weighted by Gasteiger charge is -2.22. The van der Waals surface area contributed by atoms with Crippen LogP contribution in [0.3, 0.4) is 0 Å². The number of hydrogen-bond acceptors (Lipinski definition) is 7. The SMILES string of the molecule is CSc1nc2nc(COC3CCOCC3)nc(C3CC3)c2s1. The molecule has 0 radical (unpaired) electrons. The van der Waals surface area contributed by atoms with Gasteiger partial charge in [0.2, 0.25) is 0 Å². The second-order valence-electron chi connectivity index (χ2n) is 5.76. The first-order chi connectivity index (χ1) is 10.8. The Morgan fingerprint density at radius 2 is 2.00 bits per heavy atom. The van der Waals surface area contributed by atoms with Crippen molar-refractivity contribution in [3.63, 3.8) is 0 Å². The maximum Gasteiger partial charge on any atom is 0.175 e. The maximum atomic E-state index is 5.97. The molecule has 7 heteroatoms. The first kappa shape index (κ1) is 14.8. The van der Waals surface area contributed by atoms with Crippen LogP contribution in [0.25, 0.3) is 10.3 Å². The summed E-state index contributed by atoms with van der Waals surface area (Å²) in [4.78, 5) is 14.0. The van der Waals surface area contributed by atoms with Crippen molar-refractivity contribution < 1.29 is 9.47 Å². The third kappa shape index (κ3) is 3.13. The fraction of sp³-hybridized carbons (Fsp3) is 0.667. The number of thiazole rings is 1. The molecule has 0 atom stereocenters. The summed E-state index contributed by atoms with van der Waals surface area (Å²) in [5.74, 6) is 1.38. The zero-order valence-corrected chi connectivity index (χ0v) is 14.2. The highest BCUT2D eigenvalue weighted by molar-refractivity contribution is 8.00. The van der Waals surface area contributed by atoms with Gasteiger partial charge in [0.05, 0.1) is 16.5 Å². The zero-order valence-electron chi connectivity index (χ0n) is 12.6. The Kier molecular flexibility index (Phi) is 4.30. The largest absolute Gasteiger partial charge is 0.381 e. The zero-order chi connectivity index (χ0) is 14.9. The number of fused-ring (bicyclic) bond motifs is 1. The number of aromatic nitrogens is 3. The van der Waals surface area contributed by atoms with Gasteiger partial charge in [-0.05, 0) is 31.9 Å². The van der Waals surface area contributed by atoms with Crippen molar-refractivity contribution in [2.24, 2.45) is 0 Å². The van der Waals surface area contributed by atoms with Gasteiger partial charge in [0.15, 0.2) is 15.8 Å². The molecule has 1 saturated carbocycles. The Balaban J connectivity index is 1.57. The van der Waals surface area contributed by atoms with E-state index in [0.29, 0.717) is 12.5 Å². The molecule has 2 aliphatic rings. The highest BCUT2D eigenvalue weighted by Gasteiger charge is 2.29. The van der Waals surface area contributed by atoms with Gasteiger partial charge in [-0.2, -0.15) is 0 Å². The Morgan fingerprint density at radius 1 is 1.18 bits per heavy atom. The van der Waals surface area contributed by atoms with Crippen molar-refractivity contribution in [2.75, 3.05) is 19.5 Å². The molecule has 0 aromatic carbocycles. The van der Waals surface area contributed by atoms with Crippen molar-refractivity contribution in [1.82, 2.24) is 15.0 Å². The van der Waals surface area contributed by atoms with Crippen LogP contribution in [0.4, 0.5) is 0 Å². The fourth-order valence-corrected chi connectivity index (χ4v) is 4.26. The number of nitrogens with zero attached hydrogens (tertiary/aromatic N) is 3. The molecule has 0 amide bonds. The van der Waals surface area contributed by atoms with Crippen molar-refractivity contribution in [3.05, 3.63) is 11.5 Å².